The summed E-state index contributed by atoms with van der Waals surface area (Å²) in [6.07, 6.45) is -1.31. The van der Waals surface area contributed by atoms with Crippen LogP contribution in [0.4, 0.5) is 4.79 Å². The van der Waals surface area contributed by atoms with Crippen molar-refractivity contribution in [3.05, 3.63) is 59.7 Å². The molecule has 9 nitrogen and oxygen atoms in total. The van der Waals surface area contributed by atoms with Crippen LogP contribution in [0.15, 0.2) is 48.5 Å². The van der Waals surface area contributed by atoms with Crippen molar-refractivity contribution < 1.29 is 34.1 Å². The van der Waals surface area contributed by atoms with E-state index in [0.717, 1.165) is 27.2 Å². The minimum atomic E-state index is -1.20. The number of hydrogen-bond donors (Lipinski definition) is 3. The third-order valence-corrected chi connectivity index (χ3v) is 5.99. The Morgan fingerprint density at radius 1 is 1.06 bits per heavy atom. The number of benzene rings is 2. The number of ether oxygens (including phenoxy) is 2. The molecule has 0 unspecified atom stereocenters. The summed E-state index contributed by atoms with van der Waals surface area (Å²) in [5.74, 6) is -1.88. The van der Waals surface area contributed by atoms with Crippen molar-refractivity contribution in [2.75, 3.05) is 32.9 Å². The predicted octanol–water partition coefficient (Wildman–Crippen LogP) is 1.59. The highest BCUT2D eigenvalue weighted by atomic mass is 16.6. The fourth-order valence-electron chi connectivity index (χ4n) is 4.50. The maximum Gasteiger partial charge on any atom is 0.407 e. The largest absolute Gasteiger partial charge is 0.480 e. The number of aliphatic carboxylic acids is 1. The predicted molar refractivity (Wildman–Crippen MR) is 118 cm³/mol. The summed E-state index contributed by atoms with van der Waals surface area (Å²) in [4.78, 5) is 37.4. The van der Waals surface area contributed by atoms with Crippen LogP contribution in [0.2, 0.25) is 0 Å². The normalized spacial score (nSPS) is 18.9. The lowest BCUT2D eigenvalue weighted by Gasteiger charge is -2.26. The van der Waals surface area contributed by atoms with Crippen molar-refractivity contribution in [2.24, 2.45) is 0 Å². The van der Waals surface area contributed by atoms with Crippen LogP contribution in [0, 0.1) is 0 Å². The average molecular weight is 454 g/mol. The summed E-state index contributed by atoms with van der Waals surface area (Å²) in [7, 11) is 0. The fourth-order valence-corrected chi connectivity index (χ4v) is 4.50. The van der Waals surface area contributed by atoms with Gasteiger partial charge in [-0.15, -0.1) is 0 Å². The SMILES string of the molecule is O=C(O)CN(CCO)C(=O)[C@@H]1OCC[C@@H]1NC(=O)OCC1c2ccccc2-c2ccccc21. The lowest BCUT2D eigenvalue weighted by molar-refractivity contribution is -0.150. The third-order valence-electron chi connectivity index (χ3n) is 5.99. The van der Waals surface area contributed by atoms with Crippen LogP contribution in [0.25, 0.3) is 11.1 Å². The van der Waals surface area contributed by atoms with Gasteiger partial charge in [0.2, 0.25) is 0 Å². The molecule has 9 heteroatoms. The molecule has 0 aromatic heterocycles. The quantitative estimate of drug-likeness (QED) is 0.553. The molecule has 1 fully saturated rings. The molecule has 1 heterocycles. The number of nitrogens with zero attached hydrogens (tertiary/aromatic N) is 1. The molecule has 4 rings (SSSR count). The van der Waals surface area contributed by atoms with E-state index in [9.17, 15) is 14.4 Å². The van der Waals surface area contributed by atoms with Gasteiger partial charge in [0.15, 0.2) is 6.10 Å². The van der Waals surface area contributed by atoms with Gasteiger partial charge in [0.1, 0.15) is 13.2 Å². The van der Waals surface area contributed by atoms with Crippen molar-refractivity contribution in [2.45, 2.75) is 24.5 Å². The molecule has 2 amide bonds. The van der Waals surface area contributed by atoms with E-state index in [-0.39, 0.29) is 32.3 Å². The molecule has 0 bridgehead atoms. The van der Waals surface area contributed by atoms with Gasteiger partial charge in [-0.1, -0.05) is 48.5 Å². The minimum Gasteiger partial charge on any atom is -0.480 e. The van der Waals surface area contributed by atoms with Gasteiger partial charge in [-0.25, -0.2) is 4.79 Å². The molecule has 0 saturated carbocycles. The molecule has 1 saturated heterocycles. The Labute approximate surface area is 190 Å². The third kappa shape index (κ3) is 4.84. The molecule has 2 aromatic rings. The first-order valence-corrected chi connectivity index (χ1v) is 10.8. The van der Waals surface area contributed by atoms with Crippen LogP contribution in [-0.4, -0.2) is 78.1 Å². The summed E-state index contributed by atoms with van der Waals surface area (Å²) in [6, 6.07) is 15.4. The smallest absolute Gasteiger partial charge is 0.407 e. The lowest BCUT2D eigenvalue weighted by atomic mass is 9.98. The number of alkyl carbamates (subject to hydrolysis) is 1. The zero-order chi connectivity index (χ0) is 23.4. The van der Waals surface area contributed by atoms with Gasteiger partial charge < -0.3 is 29.9 Å². The first-order valence-electron chi connectivity index (χ1n) is 10.8. The van der Waals surface area contributed by atoms with Gasteiger partial charge in [0.05, 0.1) is 12.6 Å². The van der Waals surface area contributed by atoms with Gasteiger partial charge in [-0.2, -0.15) is 0 Å². The van der Waals surface area contributed by atoms with E-state index in [1.807, 2.05) is 36.4 Å². The number of carboxylic acid groups (broad SMARTS) is 1. The second-order valence-corrected chi connectivity index (χ2v) is 8.03. The second-order valence-electron chi connectivity index (χ2n) is 8.03. The monoisotopic (exact) mass is 454 g/mol. The Balaban J connectivity index is 1.39. The van der Waals surface area contributed by atoms with Crippen molar-refractivity contribution in [1.29, 1.82) is 0 Å². The molecular formula is C24H26N2O7. The molecule has 174 valence electrons. The van der Waals surface area contributed by atoms with E-state index in [1.165, 1.54) is 0 Å². The average Bonchev–Trinajstić information content (AvgIpc) is 3.39. The number of carboxylic acids is 1. The topological polar surface area (TPSA) is 125 Å². The first kappa shape index (κ1) is 22.8. The molecule has 2 aromatic carbocycles. The number of nitrogens with one attached hydrogen (secondary N) is 1. The van der Waals surface area contributed by atoms with E-state index < -0.39 is 36.7 Å². The number of aliphatic hydroxyl groups is 1. The Kier molecular flexibility index (Phi) is 6.90. The Bertz CT molecular complexity index is 995. The summed E-state index contributed by atoms with van der Waals surface area (Å²) in [6.45, 7) is -0.692. The van der Waals surface area contributed by atoms with Crippen molar-refractivity contribution in [1.82, 2.24) is 10.2 Å². The zero-order valence-corrected chi connectivity index (χ0v) is 18.0. The van der Waals surface area contributed by atoms with Gasteiger partial charge in [0, 0.05) is 19.1 Å². The Morgan fingerprint density at radius 2 is 1.70 bits per heavy atom. The number of fused-ring (bicyclic) bond motifs is 3. The second kappa shape index (κ2) is 10.0. The minimum absolute atomic E-state index is 0.0870. The molecule has 2 atom stereocenters. The zero-order valence-electron chi connectivity index (χ0n) is 18.0. The van der Waals surface area contributed by atoms with E-state index in [4.69, 9.17) is 19.7 Å². The first-order chi connectivity index (χ1) is 16.0. The molecule has 1 aliphatic heterocycles. The van der Waals surface area contributed by atoms with Crippen LogP contribution >= 0.6 is 0 Å². The highest BCUT2D eigenvalue weighted by Crippen LogP contribution is 2.44. The number of carbonyl (C=O) groups is 3. The molecule has 33 heavy (non-hydrogen) atoms. The Hall–Kier alpha value is -3.43. The van der Waals surface area contributed by atoms with E-state index in [0.29, 0.717) is 6.42 Å². The molecular weight excluding hydrogens is 428 g/mol. The van der Waals surface area contributed by atoms with Crippen LogP contribution in [-0.2, 0) is 19.1 Å². The number of rotatable bonds is 8. The van der Waals surface area contributed by atoms with E-state index in [1.54, 1.807) is 0 Å². The lowest BCUT2D eigenvalue weighted by Crippen LogP contribution is -2.51. The van der Waals surface area contributed by atoms with E-state index in [2.05, 4.69) is 17.4 Å². The number of carbonyl (C=O) groups excluding carboxylic acids is 2. The van der Waals surface area contributed by atoms with Crippen LogP contribution in [0.5, 0.6) is 0 Å². The fraction of sp³-hybridized carbons (Fsp3) is 0.375. The summed E-state index contributed by atoms with van der Waals surface area (Å²) >= 11 is 0. The van der Waals surface area contributed by atoms with Crippen molar-refractivity contribution in [3.8, 4) is 11.1 Å². The standard InChI is InChI=1S/C24H26N2O7/c27-11-10-26(13-21(28)29)23(30)22-20(9-12-32-22)25-24(31)33-14-19-17-7-3-1-5-15(17)16-6-2-4-8-18(16)19/h1-8,19-20,22,27H,9-14H2,(H,25,31)(H,28,29)/t20-,22+/m0/s1. The number of aliphatic hydroxyl groups excluding tert-OH is 1. The maximum absolute atomic E-state index is 12.7. The summed E-state index contributed by atoms with van der Waals surface area (Å²) in [5, 5.41) is 20.9. The van der Waals surface area contributed by atoms with E-state index >= 15 is 0 Å². The molecule has 0 spiro atoms. The molecule has 2 aliphatic rings. The van der Waals surface area contributed by atoms with Crippen LogP contribution < -0.4 is 5.32 Å². The maximum atomic E-state index is 12.7. The summed E-state index contributed by atoms with van der Waals surface area (Å²) < 4.78 is 11.0. The number of amides is 2. The van der Waals surface area contributed by atoms with Gasteiger partial charge in [-0.05, 0) is 28.7 Å². The number of hydrogen-bond acceptors (Lipinski definition) is 6. The summed E-state index contributed by atoms with van der Waals surface area (Å²) in [5.41, 5.74) is 4.44. The molecule has 3 N–H and O–H groups in total. The van der Waals surface area contributed by atoms with Crippen LogP contribution in [0.1, 0.15) is 23.5 Å². The highest BCUT2D eigenvalue weighted by Gasteiger charge is 2.39. The van der Waals surface area contributed by atoms with Crippen molar-refractivity contribution in [3.63, 3.8) is 0 Å². The van der Waals surface area contributed by atoms with Gasteiger partial charge in [0.25, 0.3) is 5.91 Å². The molecule has 0 radical (unpaired) electrons. The molecule has 1 aliphatic carbocycles. The van der Waals surface area contributed by atoms with Crippen molar-refractivity contribution >= 4 is 18.0 Å². The van der Waals surface area contributed by atoms with Gasteiger partial charge >= 0.3 is 12.1 Å². The highest BCUT2D eigenvalue weighted by molar-refractivity contribution is 5.86. The Morgan fingerprint density at radius 3 is 2.30 bits per heavy atom. The van der Waals surface area contributed by atoms with Crippen LogP contribution in [0.3, 0.4) is 0 Å². The van der Waals surface area contributed by atoms with Gasteiger partial charge in [-0.3, -0.25) is 9.59 Å².